The van der Waals surface area contributed by atoms with E-state index < -0.39 is 11.9 Å². The molecule has 4 amide bonds. The molecule has 0 heterocycles. The van der Waals surface area contributed by atoms with Crippen LogP contribution in [0.25, 0.3) is 0 Å². The number of carboxylic acid groups (broad SMARTS) is 2. The number of para-hydroxylation sites is 2. The van der Waals surface area contributed by atoms with Crippen LogP contribution in [-0.4, -0.2) is 73.2 Å². The van der Waals surface area contributed by atoms with E-state index in [-0.39, 0.29) is 12.1 Å². The van der Waals surface area contributed by atoms with E-state index >= 15 is 0 Å². The Labute approximate surface area is 324 Å². The number of urea groups is 2. The van der Waals surface area contributed by atoms with Gasteiger partial charge in [-0.2, -0.15) is 0 Å². The quantitative estimate of drug-likeness (QED) is 0.125. The van der Waals surface area contributed by atoms with Gasteiger partial charge < -0.3 is 19.8 Å². The zero-order valence-electron chi connectivity index (χ0n) is 30.0. The number of carboxylic acids is 2. The predicted octanol–water partition coefficient (Wildman–Crippen LogP) is 7.51. The van der Waals surface area contributed by atoms with Gasteiger partial charge in [0, 0.05) is 29.6 Å². The summed E-state index contributed by atoms with van der Waals surface area (Å²) in [5.41, 5.74) is 1.67. The number of hydrogen-bond donors (Lipinski definition) is 2. The molecule has 0 aliphatic heterocycles. The van der Waals surface area contributed by atoms with Gasteiger partial charge >= 0.3 is 12.1 Å². The lowest BCUT2D eigenvalue weighted by Gasteiger charge is -2.28. The molecule has 0 aromatic heterocycles. The molecule has 52 heavy (non-hydrogen) atoms. The van der Waals surface area contributed by atoms with Crippen molar-refractivity contribution in [2.45, 2.75) is 47.3 Å². The minimum atomic E-state index is -2.19. The smallest absolute Gasteiger partial charge is 0.420 e. The van der Waals surface area contributed by atoms with Crippen molar-refractivity contribution in [1.82, 2.24) is 0 Å². The van der Waals surface area contributed by atoms with Gasteiger partial charge in [-0.25, -0.2) is 18.6 Å². The van der Waals surface area contributed by atoms with E-state index in [0.29, 0.717) is 8.97 Å². The lowest BCUT2D eigenvalue weighted by Crippen LogP contribution is -2.51. The molecule has 14 heteroatoms. The van der Waals surface area contributed by atoms with Crippen LogP contribution in [0.1, 0.15) is 27.7 Å². The van der Waals surface area contributed by atoms with E-state index in [4.69, 9.17) is 43.0 Å². The third-order valence-electron chi connectivity index (χ3n) is 8.28. The molecule has 10 nitrogen and oxygen atoms in total. The average Bonchev–Trinajstić information content (AvgIpc) is 3.14. The first-order chi connectivity index (χ1) is 24.6. The van der Waals surface area contributed by atoms with E-state index in [1.165, 1.54) is 0 Å². The van der Waals surface area contributed by atoms with Crippen molar-refractivity contribution in [2.24, 2.45) is 0 Å². The molecular weight excluding hydrogens is 743 g/mol. The van der Waals surface area contributed by atoms with Gasteiger partial charge in [0.05, 0.1) is 63.6 Å². The SMILES string of the molecule is CC[N+](C)(CC)C(=O)Nc1ccccc1Sc1ccc(Cl)cc1.CC[N+](C)(CC)C(=O)Nc1ccccc1Sc1ccc(Cl)cc1.O=C([O-])C(=O)[O-]. The van der Waals surface area contributed by atoms with Crippen molar-refractivity contribution in [2.75, 3.05) is 50.9 Å². The van der Waals surface area contributed by atoms with Gasteiger partial charge in [0.2, 0.25) is 0 Å². The Morgan fingerprint density at radius 3 is 1.10 bits per heavy atom. The number of benzene rings is 4. The summed E-state index contributed by atoms with van der Waals surface area (Å²) in [5, 5.41) is 25.4. The lowest BCUT2D eigenvalue weighted by atomic mass is 10.3. The predicted molar refractivity (Wildman–Crippen MR) is 207 cm³/mol. The summed E-state index contributed by atoms with van der Waals surface area (Å²) in [6.45, 7) is 11.1. The van der Waals surface area contributed by atoms with E-state index in [1.54, 1.807) is 23.5 Å². The summed E-state index contributed by atoms with van der Waals surface area (Å²) >= 11 is 15.1. The Bertz CT molecular complexity index is 1650. The summed E-state index contributed by atoms with van der Waals surface area (Å²) in [4.78, 5) is 47.2. The number of halogens is 2. The molecule has 4 aromatic rings. The highest BCUT2D eigenvalue weighted by Crippen LogP contribution is 2.35. The second kappa shape index (κ2) is 21.5. The number of anilines is 2. The fraction of sp³-hybridized carbons (Fsp3) is 0.263. The number of aliphatic carboxylic acids is 2. The molecule has 4 rings (SSSR count). The molecule has 0 saturated heterocycles. The molecule has 278 valence electrons. The third-order valence-corrected chi connectivity index (χ3v) is 11.0. The molecule has 0 radical (unpaired) electrons. The highest BCUT2D eigenvalue weighted by molar-refractivity contribution is 7.99. The number of hydrogen-bond acceptors (Lipinski definition) is 8. The Kier molecular flexibility index (Phi) is 18.2. The third kappa shape index (κ3) is 13.8. The Balaban J connectivity index is 0.000000312. The number of rotatable bonds is 10. The summed E-state index contributed by atoms with van der Waals surface area (Å²) in [6.07, 6.45) is 0. The number of carbonyl (C=O) groups is 4. The number of nitrogens with one attached hydrogen (secondary N) is 2. The normalized spacial score (nSPS) is 10.8. The van der Waals surface area contributed by atoms with E-state index in [9.17, 15) is 9.59 Å². The van der Waals surface area contributed by atoms with Crippen molar-refractivity contribution >= 4 is 82.1 Å². The maximum atomic E-state index is 12.6. The highest BCUT2D eigenvalue weighted by atomic mass is 35.5. The van der Waals surface area contributed by atoms with Crippen molar-refractivity contribution in [3.8, 4) is 0 Å². The van der Waals surface area contributed by atoms with Crippen LogP contribution in [0.3, 0.4) is 0 Å². The van der Waals surface area contributed by atoms with E-state index in [2.05, 4.69) is 10.6 Å². The van der Waals surface area contributed by atoms with Gasteiger partial charge in [0.1, 0.15) is 0 Å². The molecule has 0 spiro atoms. The molecule has 0 saturated carbocycles. The molecule has 0 aliphatic carbocycles. The summed E-state index contributed by atoms with van der Waals surface area (Å²) < 4.78 is 0.722. The number of carbonyl (C=O) groups excluding carboxylic acids is 4. The molecule has 0 unspecified atom stereocenters. The maximum absolute atomic E-state index is 12.6. The molecule has 0 bridgehead atoms. The Morgan fingerprint density at radius 2 is 0.827 bits per heavy atom. The fourth-order valence-corrected chi connectivity index (χ4v) is 6.15. The summed E-state index contributed by atoms with van der Waals surface area (Å²) in [5.74, 6) is -4.37. The average molecular weight is 788 g/mol. The first kappa shape index (κ1) is 44.1. The zero-order chi connectivity index (χ0) is 38.9. The minimum Gasteiger partial charge on any atom is -0.543 e. The first-order valence-electron chi connectivity index (χ1n) is 16.4. The fourth-order valence-electron chi connectivity index (χ4n) is 4.10. The van der Waals surface area contributed by atoms with Crippen molar-refractivity contribution in [3.05, 3.63) is 107 Å². The standard InChI is InChI=1S/2C18H21ClN2OS.C2H2O4/c2*1-4-21(3,5-2)18(22)20-16-8-6-7-9-17(16)23-15-12-10-14(19)11-13-15;3-1(4)2(5)6/h2*6-13H,4-5H2,1-3H3;(H,3,4)(H,5,6). The minimum absolute atomic E-state index is 0.0131. The van der Waals surface area contributed by atoms with Gasteiger partial charge in [0.15, 0.2) is 0 Å². The second-order valence-corrected chi connectivity index (χ2v) is 14.7. The van der Waals surface area contributed by atoms with Crippen LogP contribution in [0.4, 0.5) is 21.0 Å². The van der Waals surface area contributed by atoms with Crippen LogP contribution >= 0.6 is 46.7 Å². The molecule has 4 aromatic carbocycles. The van der Waals surface area contributed by atoms with E-state index in [1.807, 2.05) is 139 Å². The number of amides is 4. The molecule has 0 aliphatic rings. The van der Waals surface area contributed by atoms with Crippen LogP contribution in [0.5, 0.6) is 0 Å². The Morgan fingerprint density at radius 1 is 0.538 bits per heavy atom. The van der Waals surface area contributed by atoms with Gasteiger partial charge in [-0.1, -0.05) is 71.0 Å². The van der Waals surface area contributed by atoms with E-state index in [0.717, 1.165) is 67.2 Å². The van der Waals surface area contributed by atoms with Gasteiger partial charge in [-0.05, 0) is 100 Å². The van der Waals surface area contributed by atoms with Gasteiger partial charge in [-0.3, -0.25) is 10.6 Å². The topological polar surface area (TPSA) is 138 Å². The van der Waals surface area contributed by atoms with Crippen molar-refractivity contribution in [1.29, 1.82) is 0 Å². The molecule has 0 atom stereocenters. The maximum Gasteiger partial charge on any atom is 0.420 e. The van der Waals surface area contributed by atoms with Crippen LogP contribution in [0.15, 0.2) is 117 Å². The molecule has 0 fully saturated rings. The lowest BCUT2D eigenvalue weighted by molar-refractivity contribution is -0.823. The van der Waals surface area contributed by atoms with Crippen LogP contribution in [0, 0.1) is 0 Å². The number of quaternary nitrogens is 2. The van der Waals surface area contributed by atoms with Gasteiger partial charge in [-0.15, -0.1) is 0 Å². The zero-order valence-corrected chi connectivity index (χ0v) is 33.1. The number of nitrogens with zero attached hydrogens (tertiary/aromatic N) is 2. The largest absolute Gasteiger partial charge is 0.543 e. The van der Waals surface area contributed by atoms with Crippen molar-refractivity contribution in [3.63, 3.8) is 0 Å². The van der Waals surface area contributed by atoms with Crippen LogP contribution in [0.2, 0.25) is 10.0 Å². The van der Waals surface area contributed by atoms with Gasteiger partial charge in [0.25, 0.3) is 0 Å². The Hall–Kier alpha value is -4.04. The van der Waals surface area contributed by atoms with Crippen LogP contribution < -0.4 is 20.8 Å². The van der Waals surface area contributed by atoms with Crippen molar-refractivity contribution < 1.29 is 38.4 Å². The highest BCUT2D eigenvalue weighted by Gasteiger charge is 2.29. The summed E-state index contributed by atoms with van der Waals surface area (Å²) in [6, 6.07) is 31.1. The monoisotopic (exact) mass is 786 g/mol. The first-order valence-corrected chi connectivity index (χ1v) is 18.8. The second-order valence-electron chi connectivity index (χ2n) is 11.6. The molecular formula is C38H44Cl2N4O6S2. The summed E-state index contributed by atoms with van der Waals surface area (Å²) in [7, 11) is 3.90. The van der Waals surface area contributed by atoms with Crippen LogP contribution in [-0.2, 0) is 9.59 Å². The molecule has 2 N–H and O–H groups in total.